The lowest BCUT2D eigenvalue weighted by molar-refractivity contribution is -0.127. The second-order valence-electron chi connectivity index (χ2n) is 2.95. The molecule has 88 valence electrons. The highest BCUT2D eigenvalue weighted by atomic mass is 16.6. The molecule has 0 saturated heterocycles. The van der Waals surface area contributed by atoms with E-state index in [0.717, 1.165) is 0 Å². The Kier molecular flexibility index (Phi) is 4.53. The van der Waals surface area contributed by atoms with Gasteiger partial charge in [-0.15, -0.1) is 0 Å². The molecule has 0 saturated carbocycles. The lowest BCUT2D eigenvalue weighted by atomic mass is 10.5. The van der Waals surface area contributed by atoms with Crippen molar-refractivity contribution in [2.24, 2.45) is 0 Å². The minimum absolute atomic E-state index is 0.135. The fraction of sp³-hybridized carbons (Fsp3) is 0.400. The molecular weight excluding hydrogens is 212 g/mol. The van der Waals surface area contributed by atoms with Crippen LogP contribution in [0.4, 0.5) is 4.79 Å². The van der Waals surface area contributed by atoms with Crippen molar-refractivity contribution in [3.05, 3.63) is 24.7 Å². The van der Waals surface area contributed by atoms with Crippen LogP contribution in [0.15, 0.2) is 24.7 Å². The number of ether oxygens (including phenoxy) is 2. The molecule has 0 atom stereocenters. The van der Waals surface area contributed by atoms with Crippen molar-refractivity contribution in [3.63, 3.8) is 0 Å². The fourth-order valence-corrected chi connectivity index (χ4v) is 1.08. The number of rotatable bonds is 3. The van der Waals surface area contributed by atoms with E-state index in [1.54, 1.807) is 6.92 Å². The highest BCUT2D eigenvalue weighted by molar-refractivity contribution is 5.89. The highest BCUT2D eigenvalue weighted by Gasteiger charge is 2.15. The molecule has 0 aromatic carbocycles. The van der Waals surface area contributed by atoms with Crippen molar-refractivity contribution in [3.8, 4) is 0 Å². The minimum atomic E-state index is -0.526. The van der Waals surface area contributed by atoms with E-state index in [4.69, 9.17) is 9.47 Å². The summed E-state index contributed by atoms with van der Waals surface area (Å²) in [5, 5.41) is 0. The van der Waals surface area contributed by atoms with Gasteiger partial charge in [-0.1, -0.05) is 0 Å². The molecule has 1 heterocycles. The van der Waals surface area contributed by atoms with Crippen molar-refractivity contribution in [2.75, 3.05) is 20.4 Å². The van der Waals surface area contributed by atoms with E-state index in [0.29, 0.717) is 0 Å². The van der Waals surface area contributed by atoms with Gasteiger partial charge in [-0.3, -0.25) is 14.6 Å². The van der Waals surface area contributed by atoms with Crippen molar-refractivity contribution >= 4 is 12.0 Å². The first-order chi connectivity index (χ1) is 7.69. The zero-order valence-electron chi connectivity index (χ0n) is 9.25. The molecule has 0 fully saturated rings. The summed E-state index contributed by atoms with van der Waals surface area (Å²) in [6.45, 7) is 2.13. The summed E-state index contributed by atoms with van der Waals surface area (Å²) in [5.74, 6) is -0.259. The zero-order valence-corrected chi connectivity index (χ0v) is 9.25. The van der Waals surface area contributed by atoms with E-state index >= 15 is 0 Å². The van der Waals surface area contributed by atoms with Crippen LogP contribution in [0.2, 0.25) is 0 Å². The van der Waals surface area contributed by atoms with Crippen LogP contribution in [-0.4, -0.2) is 42.2 Å². The third kappa shape index (κ3) is 3.09. The smallest absolute Gasteiger partial charge is 0.417 e. The molecule has 0 spiro atoms. The lowest BCUT2D eigenvalue weighted by Crippen LogP contribution is -2.25. The van der Waals surface area contributed by atoms with Crippen LogP contribution in [0.25, 0.3) is 0 Å². The summed E-state index contributed by atoms with van der Waals surface area (Å²) < 4.78 is 9.63. The van der Waals surface area contributed by atoms with Crippen LogP contribution in [0.1, 0.15) is 6.92 Å². The Bertz CT molecular complexity index is 325. The van der Waals surface area contributed by atoms with Crippen LogP contribution in [-0.2, 0) is 14.3 Å². The molecule has 0 bridgehead atoms. The summed E-state index contributed by atoms with van der Waals surface area (Å²) >= 11 is 0. The number of hydrogen-bond donors (Lipinski definition) is 0. The maximum absolute atomic E-state index is 11.5. The number of carbonyl (C=O) groups excluding carboxylic acids is 2. The van der Waals surface area contributed by atoms with Crippen LogP contribution in [0.3, 0.4) is 0 Å². The molecule has 1 rings (SSSR count). The average Bonchev–Trinajstić information content (AvgIpc) is 2.43. The first kappa shape index (κ1) is 12.3. The second kappa shape index (κ2) is 5.92. The molecule has 0 aliphatic carbocycles. The van der Waals surface area contributed by atoms with Gasteiger partial charge in [-0.2, -0.15) is 0 Å². The molecule has 0 N–H and O–H groups in total. The van der Waals surface area contributed by atoms with Gasteiger partial charge in [0.05, 0.1) is 6.61 Å². The number of hydrogen-bond acceptors (Lipinski definition) is 4. The fourth-order valence-electron chi connectivity index (χ4n) is 1.08. The monoisotopic (exact) mass is 226 g/mol. The van der Waals surface area contributed by atoms with E-state index in [-0.39, 0.29) is 19.2 Å². The molecule has 1 aliphatic heterocycles. The van der Waals surface area contributed by atoms with E-state index in [1.165, 1.54) is 41.6 Å². The van der Waals surface area contributed by atoms with Crippen molar-refractivity contribution in [2.45, 2.75) is 6.92 Å². The molecule has 0 unspecified atom stereocenters. The SMILES string of the molecule is CCOC(=O)N1C=CC(=O)N(COC)C=C1. The van der Waals surface area contributed by atoms with Gasteiger partial charge in [0.1, 0.15) is 6.73 Å². The van der Waals surface area contributed by atoms with Crippen LogP contribution >= 0.6 is 0 Å². The Labute approximate surface area is 93.7 Å². The van der Waals surface area contributed by atoms with E-state index in [1.807, 2.05) is 0 Å². The first-order valence-electron chi connectivity index (χ1n) is 4.80. The Morgan fingerprint density at radius 2 is 2.12 bits per heavy atom. The van der Waals surface area contributed by atoms with Gasteiger partial charge in [-0.25, -0.2) is 4.79 Å². The topological polar surface area (TPSA) is 59.1 Å². The first-order valence-corrected chi connectivity index (χ1v) is 4.80. The van der Waals surface area contributed by atoms with Crippen LogP contribution in [0, 0.1) is 0 Å². The number of methoxy groups -OCH3 is 1. The summed E-state index contributed by atoms with van der Waals surface area (Å²) in [4.78, 5) is 25.3. The third-order valence-corrected chi connectivity index (χ3v) is 1.81. The predicted molar refractivity (Wildman–Crippen MR) is 55.9 cm³/mol. The van der Waals surface area contributed by atoms with Gasteiger partial charge in [0.25, 0.3) is 5.91 Å². The Morgan fingerprint density at radius 3 is 2.75 bits per heavy atom. The van der Waals surface area contributed by atoms with E-state index in [9.17, 15) is 9.59 Å². The van der Waals surface area contributed by atoms with E-state index in [2.05, 4.69) is 0 Å². The molecule has 0 aromatic heterocycles. The van der Waals surface area contributed by atoms with Gasteiger partial charge in [-0.05, 0) is 6.92 Å². The molecular formula is C10H14N2O4. The molecule has 0 radical (unpaired) electrons. The molecule has 2 amide bonds. The van der Waals surface area contributed by atoms with Crippen molar-refractivity contribution in [1.82, 2.24) is 9.80 Å². The third-order valence-electron chi connectivity index (χ3n) is 1.81. The summed E-state index contributed by atoms with van der Waals surface area (Å²) in [6.07, 6.45) is 5.01. The van der Waals surface area contributed by atoms with Crippen molar-refractivity contribution in [1.29, 1.82) is 0 Å². The summed E-state index contributed by atoms with van der Waals surface area (Å²) in [7, 11) is 1.48. The van der Waals surface area contributed by atoms with Crippen LogP contribution < -0.4 is 0 Å². The molecule has 6 nitrogen and oxygen atoms in total. The average molecular weight is 226 g/mol. The Hall–Kier alpha value is -1.82. The Morgan fingerprint density at radius 1 is 1.38 bits per heavy atom. The van der Waals surface area contributed by atoms with Crippen LogP contribution in [0.5, 0.6) is 0 Å². The number of carbonyl (C=O) groups is 2. The molecule has 1 aliphatic rings. The second-order valence-corrected chi connectivity index (χ2v) is 2.95. The zero-order chi connectivity index (χ0) is 12.0. The van der Waals surface area contributed by atoms with Gasteiger partial charge in [0.15, 0.2) is 0 Å². The standard InChI is InChI=1S/C10H14N2O4/c1-3-16-10(14)11-5-4-9(13)12(7-6-11)8-15-2/h4-7H,3,8H2,1-2H3. The normalized spacial score (nSPS) is 15.2. The largest absolute Gasteiger partial charge is 0.449 e. The maximum Gasteiger partial charge on any atom is 0.417 e. The quantitative estimate of drug-likeness (QED) is 0.716. The lowest BCUT2D eigenvalue weighted by Gasteiger charge is -2.13. The van der Waals surface area contributed by atoms with Gasteiger partial charge in [0.2, 0.25) is 0 Å². The summed E-state index contributed by atoms with van der Waals surface area (Å²) in [5.41, 5.74) is 0. The maximum atomic E-state index is 11.5. The van der Waals surface area contributed by atoms with E-state index < -0.39 is 6.09 Å². The van der Waals surface area contributed by atoms with Gasteiger partial charge in [0, 0.05) is 31.8 Å². The minimum Gasteiger partial charge on any atom is -0.449 e. The predicted octanol–water partition coefficient (Wildman–Crippen LogP) is 0.876. The Balaban J connectivity index is 2.72. The highest BCUT2D eigenvalue weighted by Crippen LogP contribution is 2.05. The molecule has 0 aromatic rings. The molecule has 6 heteroatoms. The molecule has 16 heavy (non-hydrogen) atoms. The summed E-state index contributed by atoms with van der Waals surface area (Å²) in [6, 6.07) is 0. The van der Waals surface area contributed by atoms with Gasteiger partial charge >= 0.3 is 6.09 Å². The number of amides is 2. The van der Waals surface area contributed by atoms with Gasteiger partial charge < -0.3 is 9.47 Å². The number of nitrogens with zero attached hydrogens (tertiary/aromatic N) is 2. The van der Waals surface area contributed by atoms with Crippen molar-refractivity contribution < 1.29 is 19.1 Å².